The molecule has 112 valence electrons. The topological polar surface area (TPSA) is 43.2 Å². The summed E-state index contributed by atoms with van der Waals surface area (Å²) in [7, 11) is 0. The van der Waals surface area contributed by atoms with Crippen molar-refractivity contribution < 1.29 is 4.74 Å². The third-order valence-electron chi connectivity index (χ3n) is 4.74. The number of hydrogen-bond acceptors (Lipinski definition) is 4. The summed E-state index contributed by atoms with van der Waals surface area (Å²) in [5.41, 5.74) is 1.97. The molecule has 0 radical (unpaired) electrons. The second-order valence-corrected chi connectivity index (χ2v) is 5.94. The Balaban J connectivity index is 1.85. The molecule has 5 nitrogen and oxygen atoms in total. The lowest BCUT2D eigenvalue weighted by atomic mass is 10.2. The van der Waals surface area contributed by atoms with E-state index in [4.69, 9.17) is 9.72 Å². The quantitative estimate of drug-likeness (QED) is 0.870. The van der Waals surface area contributed by atoms with Crippen molar-refractivity contribution in [2.45, 2.75) is 44.9 Å². The highest BCUT2D eigenvalue weighted by Gasteiger charge is 2.33. The van der Waals surface area contributed by atoms with Gasteiger partial charge in [0.2, 0.25) is 0 Å². The van der Waals surface area contributed by atoms with Crippen molar-refractivity contribution in [3.8, 4) is 0 Å². The summed E-state index contributed by atoms with van der Waals surface area (Å²) in [6.07, 6.45) is 6.59. The highest BCUT2D eigenvalue weighted by molar-refractivity contribution is 5.71. The summed E-state index contributed by atoms with van der Waals surface area (Å²) < 4.78 is 8.20. The Bertz CT molecular complexity index is 632. The SMILES string of the molecule is CCN1CCCC1c1nc2cccnc2n1C1CCCO1. The van der Waals surface area contributed by atoms with Gasteiger partial charge in [-0.05, 0) is 50.9 Å². The van der Waals surface area contributed by atoms with Gasteiger partial charge < -0.3 is 4.74 Å². The first-order valence-electron chi connectivity index (χ1n) is 8.07. The molecule has 2 saturated heterocycles. The normalized spacial score (nSPS) is 26.9. The maximum Gasteiger partial charge on any atom is 0.162 e. The average Bonchev–Trinajstić information content (AvgIpc) is 3.24. The Morgan fingerprint density at radius 1 is 1.33 bits per heavy atom. The van der Waals surface area contributed by atoms with Crippen molar-refractivity contribution in [3.05, 3.63) is 24.2 Å². The molecule has 2 unspecified atom stereocenters. The number of ether oxygens (including phenoxy) is 1. The molecule has 0 aliphatic carbocycles. The third-order valence-corrected chi connectivity index (χ3v) is 4.74. The van der Waals surface area contributed by atoms with Crippen LogP contribution in [-0.2, 0) is 4.74 Å². The molecule has 2 aromatic heterocycles. The Hall–Kier alpha value is -1.46. The van der Waals surface area contributed by atoms with Crippen LogP contribution in [-0.4, -0.2) is 39.1 Å². The summed E-state index contributed by atoms with van der Waals surface area (Å²) in [6.45, 7) is 5.32. The minimum Gasteiger partial charge on any atom is -0.358 e. The molecule has 0 N–H and O–H groups in total. The lowest BCUT2D eigenvalue weighted by Gasteiger charge is -2.25. The van der Waals surface area contributed by atoms with Crippen molar-refractivity contribution in [1.29, 1.82) is 0 Å². The molecule has 0 saturated carbocycles. The van der Waals surface area contributed by atoms with Crippen LogP contribution < -0.4 is 0 Å². The minimum atomic E-state index is 0.110. The van der Waals surface area contributed by atoms with E-state index >= 15 is 0 Å². The van der Waals surface area contributed by atoms with Gasteiger partial charge in [-0.25, -0.2) is 9.97 Å². The van der Waals surface area contributed by atoms with Gasteiger partial charge in [-0.3, -0.25) is 9.47 Å². The molecule has 0 amide bonds. The Kier molecular flexibility index (Phi) is 3.39. The van der Waals surface area contributed by atoms with Crippen molar-refractivity contribution in [1.82, 2.24) is 19.4 Å². The first-order valence-corrected chi connectivity index (χ1v) is 8.07. The van der Waals surface area contributed by atoms with Gasteiger partial charge in [0.05, 0.1) is 6.04 Å². The molecule has 0 spiro atoms. The molecule has 2 fully saturated rings. The van der Waals surface area contributed by atoms with Crippen molar-refractivity contribution >= 4 is 11.2 Å². The zero-order valence-corrected chi connectivity index (χ0v) is 12.5. The van der Waals surface area contributed by atoms with Crippen LogP contribution in [0, 0.1) is 0 Å². The molecule has 4 heterocycles. The summed E-state index contributed by atoms with van der Waals surface area (Å²) in [5, 5.41) is 0. The molecule has 5 heteroatoms. The predicted molar refractivity (Wildman–Crippen MR) is 81.0 cm³/mol. The van der Waals surface area contributed by atoms with Gasteiger partial charge in [-0.1, -0.05) is 6.92 Å². The number of likely N-dealkylation sites (tertiary alicyclic amines) is 1. The van der Waals surface area contributed by atoms with Crippen LogP contribution in [0.3, 0.4) is 0 Å². The molecule has 0 aromatic carbocycles. The van der Waals surface area contributed by atoms with E-state index in [0.717, 1.165) is 43.0 Å². The van der Waals surface area contributed by atoms with E-state index in [1.54, 1.807) is 0 Å². The predicted octanol–water partition coefficient (Wildman–Crippen LogP) is 2.90. The van der Waals surface area contributed by atoms with Crippen LogP contribution >= 0.6 is 0 Å². The van der Waals surface area contributed by atoms with E-state index in [-0.39, 0.29) is 6.23 Å². The molecular formula is C16H22N4O. The zero-order valence-electron chi connectivity index (χ0n) is 12.5. The van der Waals surface area contributed by atoms with Crippen LogP contribution in [0.5, 0.6) is 0 Å². The second-order valence-electron chi connectivity index (χ2n) is 5.94. The molecule has 2 aliphatic heterocycles. The lowest BCUT2D eigenvalue weighted by molar-refractivity contribution is 0.0536. The zero-order chi connectivity index (χ0) is 14.2. The van der Waals surface area contributed by atoms with Crippen LogP contribution in [0.25, 0.3) is 11.2 Å². The molecule has 0 bridgehead atoms. The number of fused-ring (bicyclic) bond motifs is 1. The Morgan fingerprint density at radius 3 is 3.10 bits per heavy atom. The number of nitrogens with zero attached hydrogens (tertiary/aromatic N) is 4. The third kappa shape index (κ3) is 2.15. The first kappa shape index (κ1) is 13.2. The largest absolute Gasteiger partial charge is 0.358 e. The van der Waals surface area contributed by atoms with E-state index in [2.05, 4.69) is 27.4 Å². The smallest absolute Gasteiger partial charge is 0.162 e. The number of hydrogen-bond donors (Lipinski definition) is 0. The fourth-order valence-corrected chi connectivity index (χ4v) is 3.73. The summed E-state index contributed by atoms with van der Waals surface area (Å²) in [6, 6.07) is 4.43. The first-order chi connectivity index (χ1) is 10.4. The highest BCUT2D eigenvalue weighted by Crippen LogP contribution is 2.36. The van der Waals surface area contributed by atoms with Crippen molar-refractivity contribution in [3.63, 3.8) is 0 Å². The number of rotatable bonds is 3. The molecule has 2 aromatic rings. The van der Waals surface area contributed by atoms with Gasteiger partial charge in [0.15, 0.2) is 5.65 Å². The van der Waals surface area contributed by atoms with Gasteiger partial charge >= 0.3 is 0 Å². The summed E-state index contributed by atoms with van der Waals surface area (Å²) in [4.78, 5) is 12.0. The van der Waals surface area contributed by atoms with Gasteiger partial charge in [0.25, 0.3) is 0 Å². The van der Waals surface area contributed by atoms with E-state index < -0.39 is 0 Å². The summed E-state index contributed by atoms with van der Waals surface area (Å²) >= 11 is 0. The Morgan fingerprint density at radius 2 is 2.29 bits per heavy atom. The molecule has 4 rings (SSSR count). The monoisotopic (exact) mass is 286 g/mol. The standard InChI is InChI=1S/C16H22N4O/c1-2-19-10-4-7-13(19)16-18-12-6-3-9-17-15(12)20(16)14-8-5-11-21-14/h3,6,9,13-14H,2,4-5,7-8,10-11H2,1H3. The van der Waals surface area contributed by atoms with E-state index in [9.17, 15) is 0 Å². The van der Waals surface area contributed by atoms with Crippen LogP contribution in [0.1, 0.15) is 50.7 Å². The van der Waals surface area contributed by atoms with Gasteiger partial charge in [0.1, 0.15) is 17.6 Å². The molecule has 21 heavy (non-hydrogen) atoms. The van der Waals surface area contributed by atoms with Crippen LogP contribution in [0.4, 0.5) is 0 Å². The number of imidazole rings is 1. The molecule has 2 aliphatic rings. The molecular weight excluding hydrogens is 264 g/mol. The van der Waals surface area contributed by atoms with Crippen molar-refractivity contribution in [2.24, 2.45) is 0 Å². The lowest BCUT2D eigenvalue weighted by Crippen LogP contribution is -2.26. The number of aromatic nitrogens is 3. The maximum absolute atomic E-state index is 5.94. The summed E-state index contributed by atoms with van der Waals surface area (Å²) in [5.74, 6) is 1.15. The Labute approximate surface area is 124 Å². The van der Waals surface area contributed by atoms with Crippen molar-refractivity contribution in [2.75, 3.05) is 19.7 Å². The van der Waals surface area contributed by atoms with Gasteiger partial charge in [-0.2, -0.15) is 0 Å². The maximum atomic E-state index is 5.94. The average molecular weight is 286 g/mol. The van der Waals surface area contributed by atoms with Crippen LogP contribution in [0.2, 0.25) is 0 Å². The highest BCUT2D eigenvalue weighted by atomic mass is 16.5. The molecule has 2 atom stereocenters. The van der Waals surface area contributed by atoms with E-state index in [1.807, 2.05) is 12.3 Å². The number of pyridine rings is 1. The van der Waals surface area contributed by atoms with E-state index in [1.165, 1.54) is 19.4 Å². The van der Waals surface area contributed by atoms with Gasteiger partial charge in [0, 0.05) is 12.8 Å². The fourth-order valence-electron chi connectivity index (χ4n) is 3.73. The minimum absolute atomic E-state index is 0.110. The van der Waals surface area contributed by atoms with E-state index in [0.29, 0.717) is 6.04 Å². The second kappa shape index (κ2) is 5.39. The fraction of sp³-hybridized carbons (Fsp3) is 0.625. The van der Waals surface area contributed by atoms with Crippen LogP contribution in [0.15, 0.2) is 18.3 Å². The van der Waals surface area contributed by atoms with Gasteiger partial charge in [-0.15, -0.1) is 0 Å².